The van der Waals surface area contributed by atoms with Crippen molar-refractivity contribution in [2.24, 2.45) is 16.0 Å². The van der Waals surface area contributed by atoms with Crippen LogP contribution in [-0.4, -0.2) is 23.1 Å². The van der Waals surface area contributed by atoms with Crippen LogP contribution in [0, 0.1) is 5.92 Å². The van der Waals surface area contributed by atoms with Gasteiger partial charge in [0.25, 0.3) is 0 Å². The zero-order chi connectivity index (χ0) is 16.4. The number of nitrogens with one attached hydrogen (secondary N) is 1. The molecule has 1 aliphatic heterocycles. The molecule has 3 aliphatic rings. The summed E-state index contributed by atoms with van der Waals surface area (Å²) in [6.45, 7) is 0. The van der Waals surface area contributed by atoms with Crippen molar-refractivity contribution in [2.45, 2.75) is 31.7 Å². The average molecular weight is 319 g/mol. The zero-order valence-corrected chi connectivity index (χ0v) is 13.5. The summed E-state index contributed by atoms with van der Waals surface area (Å²) >= 11 is 0. The minimum Gasteiger partial charge on any atom is -0.508 e. The minimum atomic E-state index is 0.259. The van der Waals surface area contributed by atoms with E-state index in [1.807, 2.05) is 18.3 Å². The van der Waals surface area contributed by atoms with Crippen molar-refractivity contribution in [3.63, 3.8) is 0 Å². The van der Waals surface area contributed by atoms with Crippen molar-refractivity contribution in [1.29, 1.82) is 0 Å². The molecule has 122 valence electrons. The first-order chi connectivity index (χ1) is 11.8. The number of aromatic hydroxyl groups is 1. The second-order valence-electron chi connectivity index (χ2n) is 6.44. The summed E-state index contributed by atoms with van der Waals surface area (Å²) in [6, 6.07) is 7.59. The molecule has 2 unspecified atom stereocenters. The van der Waals surface area contributed by atoms with E-state index in [0.29, 0.717) is 0 Å². The quantitative estimate of drug-likeness (QED) is 0.835. The van der Waals surface area contributed by atoms with Crippen molar-refractivity contribution in [1.82, 2.24) is 5.43 Å². The molecule has 2 N–H and O–H groups in total. The SMILES string of the molecule is Oc1ccc(C(=NC2=CC3C=NNC3C=C2)C2=CCCCC2)cc1. The summed E-state index contributed by atoms with van der Waals surface area (Å²) in [5.41, 5.74) is 7.44. The third kappa shape index (κ3) is 3.04. The Labute approximate surface area is 142 Å². The van der Waals surface area contributed by atoms with Gasteiger partial charge in [0.2, 0.25) is 0 Å². The van der Waals surface area contributed by atoms with E-state index in [1.54, 1.807) is 12.1 Å². The van der Waals surface area contributed by atoms with Gasteiger partial charge in [0.1, 0.15) is 5.75 Å². The predicted molar refractivity (Wildman–Crippen MR) is 97.3 cm³/mol. The van der Waals surface area contributed by atoms with E-state index in [1.165, 1.54) is 18.4 Å². The van der Waals surface area contributed by atoms with Crippen molar-refractivity contribution < 1.29 is 5.11 Å². The number of nitrogens with zero attached hydrogens (tertiary/aromatic N) is 2. The Morgan fingerprint density at radius 3 is 2.88 bits per heavy atom. The Bertz CT molecular complexity index is 769. The standard InChI is InChI=1S/C20H21N3O/c24-18-9-6-15(7-10-18)20(14-4-2-1-3-5-14)22-17-8-11-19-16(12-17)13-21-23-19/h4,6-13,16,19,23-24H,1-3,5H2. The fourth-order valence-corrected chi connectivity index (χ4v) is 3.36. The molecule has 24 heavy (non-hydrogen) atoms. The van der Waals surface area contributed by atoms with Crippen LogP contribution in [-0.2, 0) is 0 Å². The minimum absolute atomic E-state index is 0.259. The van der Waals surface area contributed by atoms with Gasteiger partial charge in [0.05, 0.1) is 17.5 Å². The van der Waals surface area contributed by atoms with E-state index in [-0.39, 0.29) is 17.7 Å². The number of benzene rings is 1. The van der Waals surface area contributed by atoms with Crippen molar-refractivity contribution >= 4 is 11.9 Å². The van der Waals surface area contributed by atoms with Gasteiger partial charge in [-0.15, -0.1) is 0 Å². The Kier molecular flexibility index (Phi) is 4.03. The lowest BCUT2D eigenvalue weighted by Crippen LogP contribution is -2.25. The highest BCUT2D eigenvalue weighted by Gasteiger charge is 2.23. The van der Waals surface area contributed by atoms with Gasteiger partial charge in [-0.25, -0.2) is 4.99 Å². The summed E-state index contributed by atoms with van der Waals surface area (Å²) in [5, 5.41) is 13.7. The molecule has 0 bridgehead atoms. The largest absolute Gasteiger partial charge is 0.508 e. The van der Waals surface area contributed by atoms with Crippen LogP contribution >= 0.6 is 0 Å². The number of rotatable bonds is 3. The summed E-state index contributed by atoms with van der Waals surface area (Å²) in [6.07, 6.45) is 15.2. The molecule has 0 amide bonds. The lowest BCUT2D eigenvalue weighted by Gasteiger charge is -2.19. The third-order valence-electron chi connectivity index (χ3n) is 4.70. The smallest absolute Gasteiger partial charge is 0.115 e. The Balaban J connectivity index is 1.72. The van der Waals surface area contributed by atoms with E-state index in [2.05, 4.69) is 34.8 Å². The van der Waals surface area contributed by atoms with Crippen molar-refractivity contribution in [3.8, 4) is 5.75 Å². The number of hydrazone groups is 1. The highest BCUT2D eigenvalue weighted by Crippen LogP contribution is 2.26. The molecule has 1 heterocycles. The average Bonchev–Trinajstić information content (AvgIpc) is 3.09. The lowest BCUT2D eigenvalue weighted by atomic mass is 9.91. The summed E-state index contributed by atoms with van der Waals surface area (Å²) in [4.78, 5) is 4.97. The third-order valence-corrected chi connectivity index (χ3v) is 4.70. The van der Waals surface area contributed by atoms with Crippen LogP contribution < -0.4 is 5.43 Å². The maximum atomic E-state index is 9.57. The molecule has 0 saturated carbocycles. The molecule has 1 aromatic carbocycles. The van der Waals surface area contributed by atoms with E-state index >= 15 is 0 Å². The number of phenols is 1. The molecule has 0 fully saturated rings. The summed E-state index contributed by atoms with van der Waals surface area (Å²) in [5.74, 6) is 0.554. The van der Waals surface area contributed by atoms with Crippen LogP contribution in [0.3, 0.4) is 0 Å². The highest BCUT2D eigenvalue weighted by atomic mass is 16.3. The molecule has 0 aromatic heterocycles. The van der Waals surface area contributed by atoms with Gasteiger partial charge in [0.15, 0.2) is 0 Å². The van der Waals surface area contributed by atoms with Gasteiger partial charge in [-0.2, -0.15) is 5.10 Å². The maximum absolute atomic E-state index is 9.57. The summed E-state index contributed by atoms with van der Waals surface area (Å²) in [7, 11) is 0. The van der Waals surface area contributed by atoms with E-state index < -0.39 is 0 Å². The first-order valence-electron chi connectivity index (χ1n) is 8.56. The van der Waals surface area contributed by atoms with Crippen LogP contribution in [0.4, 0.5) is 0 Å². The number of fused-ring (bicyclic) bond motifs is 1. The van der Waals surface area contributed by atoms with Gasteiger partial charge >= 0.3 is 0 Å². The Morgan fingerprint density at radius 2 is 2.08 bits per heavy atom. The first-order valence-corrected chi connectivity index (χ1v) is 8.56. The van der Waals surface area contributed by atoms with Crippen molar-refractivity contribution in [3.05, 3.63) is 65.4 Å². The topological polar surface area (TPSA) is 57.0 Å². The van der Waals surface area contributed by atoms with Crippen LogP contribution in [0.5, 0.6) is 5.75 Å². The van der Waals surface area contributed by atoms with Gasteiger partial charge in [-0.05, 0) is 67.7 Å². The molecule has 4 heteroatoms. The number of phenolic OH excluding ortho intramolecular Hbond substituents is 1. The molecule has 2 atom stereocenters. The van der Waals surface area contributed by atoms with Crippen LogP contribution in [0.15, 0.2) is 69.9 Å². The predicted octanol–water partition coefficient (Wildman–Crippen LogP) is 3.71. The number of hydrogen-bond donors (Lipinski definition) is 2. The maximum Gasteiger partial charge on any atom is 0.115 e. The van der Waals surface area contributed by atoms with Crippen molar-refractivity contribution in [2.75, 3.05) is 0 Å². The fourth-order valence-electron chi connectivity index (χ4n) is 3.36. The molecular formula is C20H21N3O. The molecular weight excluding hydrogens is 298 g/mol. The van der Waals surface area contributed by atoms with Crippen LogP contribution in [0.2, 0.25) is 0 Å². The lowest BCUT2D eigenvalue weighted by molar-refractivity contribution is 0.475. The number of allylic oxidation sites excluding steroid dienone is 3. The van der Waals surface area contributed by atoms with Gasteiger partial charge < -0.3 is 10.5 Å². The normalized spacial score (nSPS) is 25.8. The van der Waals surface area contributed by atoms with Crippen LogP contribution in [0.25, 0.3) is 0 Å². The number of hydrogen-bond acceptors (Lipinski definition) is 4. The molecule has 0 radical (unpaired) electrons. The van der Waals surface area contributed by atoms with Gasteiger partial charge in [-0.1, -0.05) is 12.2 Å². The van der Waals surface area contributed by atoms with Gasteiger partial charge in [0, 0.05) is 17.7 Å². The van der Waals surface area contributed by atoms with E-state index in [4.69, 9.17) is 4.99 Å². The second kappa shape index (κ2) is 6.48. The zero-order valence-electron chi connectivity index (χ0n) is 13.5. The molecule has 0 spiro atoms. The van der Waals surface area contributed by atoms with E-state index in [9.17, 15) is 5.11 Å². The molecule has 4 rings (SSSR count). The first kappa shape index (κ1) is 14.9. The summed E-state index contributed by atoms with van der Waals surface area (Å²) < 4.78 is 0. The van der Waals surface area contributed by atoms with Gasteiger partial charge in [-0.3, -0.25) is 0 Å². The molecule has 4 nitrogen and oxygen atoms in total. The number of aliphatic imine (C=N–C) groups is 1. The highest BCUT2D eigenvalue weighted by molar-refractivity contribution is 6.13. The Morgan fingerprint density at radius 1 is 1.21 bits per heavy atom. The molecule has 2 aliphatic carbocycles. The molecule has 0 saturated heterocycles. The van der Waals surface area contributed by atoms with E-state index in [0.717, 1.165) is 29.8 Å². The second-order valence-corrected chi connectivity index (χ2v) is 6.44. The molecule has 1 aromatic rings. The monoisotopic (exact) mass is 319 g/mol. The Hall–Kier alpha value is -2.62. The fraction of sp³-hybridized carbons (Fsp3) is 0.300. The van der Waals surface area contributed by atoms with Crippen LogP contribution in [0.1, 0.15) is 31.2 Å².